The van der Waals surface area contributed by atoms with Crippen LogP contribution in [0.3, 0.4) is 0 Å². The van der Waals surface area contributed by atoms with E-state index >= 15 is 0 Å². The van der Waals surface area contributed by atoms with Crippen molar-refractivity contribution in [1.82, 2.24) is 15.5 Å². The highest BCUT2D eigenvalue weighted by atomic mass is 19.1. The molecule has 0 aliphatic heterocycles. The van der Waals surface area contributed by atoms with Crippen LogP contribution in [0.1, 0.15) is 11.1 Å². The zero-order chi connectivity index (χ0) is 14.5. The van der Waals surface area contributed by atoms with Crippen LogP contribution in [-0.4, -0.2) is 10.2 Å². The Kier molecular flexibility index (Phi) is 4.07. The minimum atomic E-state index is -0.180. The van der Waals surface area contributed by atoms with Gasteiger partial charge >= 0.3 is 0 Å². The van der Waals surface area contributed by atoms with Gasteiger partial charge in [-0.2, -0.15) is 5.10 Å². The van der Waals surface area contributed by atoms with Crippen LogP contribution in [0.15, 0.2) is 60.8 Å². The second kappa shape index (κ2) is 6.33. The lowest BCUT2D eigenvalue weighted by Crippen LogP contribution is -2.13. The average Bonchev–Trinajstić information content (AvgIpc) is 2.99. The van der Waals surface area contributed by atoms with E-state index in [4.69, 9.17) is 0 Å². The molecule has 0 unspecified atom stereocenters. The van der Waals surface area contributed by atoms with Crippen LogP contribution < -0.4 is 5.32 Å². The van der Waals surface area contributed by atoms with E-state index in [-0.39, 0.29) is 5.82 Å². The molecule has 3 nitrogen and oxygen atoms in total. The topological polar surface area (TPSA) is 40.7 Å². The second-order valence-electron chi connectivity index (χ2n) is 4.83. The standard InChI is InChI=1S/C17H16FN3/c18-16-9-5-4-8-14(16)10-19-11-15-12-20-21-17(15)13-6-2-1-3-7-13/h1-9,12,19H,10-11H2,(H,20,21). The smallest absolute Gasteiger partial charge is 0.127 e. The van der Waals surface area contributed by atoms with Gasteiger partial charge in [0.25, 0.3) is 0 Å². The number of nitrogens with one attached hydrogen (secondary N) is 2. The Labute approximate surface area is 122 Å². The summed E-state index contributed by atoms with van der Waals surface area (Å²) in [6, 6.07) is 16.8. The van der Waals surface area contributed by atoms with Crippen molar-refractivity contribution in [2.75, 3.05) is 0 Å². The molecule has 106 valence electrons. The molecule has 0 aliphatic rings. The summed E-state index contributed by atoms with van der Waals surface area (Å²) in [7, 11) is 0. The maximum absolute atomic E-state index is 13.5. The molecule has 2 N–H and O–H groups in total. The van der Waals surface area contributed by atoms with Crippen molar-refractivity contribution in [3.8, 4) is 11.3 Å². The molecular weight excluding hydrogens is 265 g/mol. The zero-order valence-corrected chi connectivity index (χ0v) is 11.5. The van der Waals surface area contributed by atoms with Gasteiger partial charge in [0, 0.05) is 24.2 Å². The maximum Gasteiger partial charge on any atom is 0.127 e. The highest BCUT2D eigenvalue weighted by molar-refractivity contribution is 5.62. The molecule has 0 aliphatic carbocycles. The summed E-state index contributed by atoms with van der Waals surface area (Å²) in [5.41, 5.74) is 3.83. The average molecular weight is 281 g/mol. The SMILES string of the molecule is Fc1ccccc1CNCc1cn[nH]c1-c1ccccc1. The van der Waals surface area contributed by atoms with Crippen molar-refractivity contribution in [2.45, 2.75) is 13.1 Å². The molecule has 0 spiro atoms. The molecule has 0 fully saturated rings. The third kappa shape index (κ3) is 3.17. The summed E-state index contributed by atoms with van der Waals surface area (Å²) < 4.78 is 13.5. The van der Waals surface area contributed by atoms with Gasteiger partial charge in [-0.25, -0.2) is 4.39 Å². The first-order valence-electron chi connectivity index (χ1n) is 6.86. The summed E-state index contributed by atoms with van der Waals surface area (Å²) >= 11 is 0. The van der Waals surface area contributed by atoms with Crippen LogP contribution >= 0.6 is 0 Å². The molecule has 1 heterocycles. The van der Waals surface area contributed by atoms with E-state index in [1.165, 1.54) is 6.07 Å². The highest BCUT2D eigenvalue weighted by Crippen LogP contribution is 2.20. The van der Waals surface area contributed by atoms with E-state index in [0.29, 0.717) is 18.7 Å². The van der Waals surface area contributed by atoms with Crippen LogP contribution in [0.4, 0.5) is 4.39 Å². The van der Waals surface area contributed by atoms with Gasteiger partial charge in [-0.3, -0.25) is 5.10 Å². The Morgan fingerprint density at radius 2 is 1.62 bits per heavy atom. The Morgan fingerprint density at radius 1 is 0.905 bits per heavy atom. The van der Waals surface area contributed by atoms with Gasteiger partial charge in [0.05, 0.1) is 11.9 Å². The van der Waals surface area contributed by atoms with Gasteiger partial charge in [0.1, 0.15) is 5.82 Å². The normalized spacial score (nSPS) is 10.7. The van der Waals surface area contributed by atoms with E-state index in [0.717, 1.165) is 16.8 Å². The number of benzene rings is 2. The lowest BCUT2D eigenvalue weighted by atomic mass is 10.1. The van der Waals surface area contributed by atoms with Crippen molar-refractivity contribution < 1.29 is 4.39 Å². The van der Waals surface area contributed by atoms with Crippen LogP contribution in [0.2, 0.25) is 0 Å². The molecule has 0 saturated heterocycles. The fourth-order valence-electron chi connectivity index (χ4n) is 2.27. The minimum absolute atomic E-state index is 0.180. The first kappa shape index (κ1) is 13.5. The third-order valence-corrected chi connectivity index (χ3v) is 3.37. The number of hydrogen-bond donors (Lipinski definition) is 2. The van der Waals surface area contributed by atoms with Crippen molar-refractivity contribution in [1.29, 1.82) is 0 Å². The number of rotatable bonds is 5. The van der Waals surface area contributed by atoms with Crippen LogP contribution in [-0.2, 0) is 13.1 Å². The Morgan fingerprint density at radius 3 is 2.43 bits per heavy atom. The predicted molar refractivity (Wildman–Crippen MR) is 81.0 cm³/mol. The van der Waals surface area contributed by atoms with Crippen LogP contribution in [0.25, 0.3) is 11.3 Å². The summed E-state index contributed by atoms with van der Waals surface area (Å²) in [6.45, 7) is 1.13. The van der Waals surface area contributed by atoms with Crippen LogP contribution in [0, 0.1) is 5.82 Å². The number of aromatic amines is 1. The number of H-pyrrole nitrogens is 1. The highest BCUT2D eigenvalue weighted by Gasteiger charge is 2.07. The van der Waals surface area contributed by atoms with E-state index in [1.807, 2.05) is 36.4 Å². The first-order chi connectivity index (χ1) is 10.3. The van der Waals surface area contributed by atoms with Crippen LogP contribution in [0.5, 0.6) is 0 Å². The molecule has 4 heteroatoms. The zero-order valence-electron chi connectivity index (χ0n) is 11.5. The largest absolute Gasteiger partial charge is 0.308 e. The number of halogens is 1. The van der Waals surface area contributed by atoms with Crippen molar-refractivity contribution in [3.63, 3.8) is 0 Å². The van der Waals surface area contributed by atoms with E-state index in [2.05, 4.69) is 15.5 Å². The van der Waals surface area contributed by atoms with Gasteiger partial charge in [0.15, 0.2) is 0 Å². The molecule has 0 bridgehead atoms. The van der Waals surface area contributed by atoms with Crippen molar-refractivity contribution in [3.05, 3.63) is 77.7 Å². The molecule has 0 saturated carbocycles. The second-order valence-corrected chi connectivity index (χ2v) is 4.83. The molecule has 0 radical (unpaired) electrons. The lowest BCUT2D eigenvalue weighted by Gasteiger charge is -2.07. The molecule has 0 atom stereocenters. The molecule has 3 aromatic rings. The fraction of sp³-hybridized carbons (Fsp3) is 0.118. The number of hydrogen-bond acceptors (Lipinski definition) is 2. The quantitative estimate of drug-likeness (QED) is 0.751. The Hall–Kier alpha value is -2.46. The van der Waals surface area contributed by atoms with Gasteiger partial charge < -0.3 is 5.32 Å². The third-order valence-electron chi connectivity index (χ3n) is 3.37. The van der Waals surface area contributed by atoms with Gasteiger partial charge in [0.2, 0.25) is 0 Å². The fourth-order valence-corrected chi connectivity index (χ4v) is 2.27. The van der Waals surface area contributed by atoms with Gasteiger partial charge in [-0.15, -0.1) is 0 Å². The molecule has 21 heavy (non-hydrogen) atoms. The summed E-state index contributed by atoms with van der Waals surface area (Å²) in [4.78, 5) is 0. The monoisotopic (exact) mass is 281 g/mol. The number of nitrogens with zero attached hydrogens (tertiary/aromatic N) is 1. The summed E-state index contributed by atoms with van der Waals surface area (Å²) in [6.07, 6.45) is 1.80. The van der Waals surface area contributed by atoms with Gasteiger partial charge in [-0.1, -0.05) is 48.5 Å². The number of aromatic nitrogens is 2. The van der Waals surface area contributed by atoms with E-state index in [9.17, 15) is 4.39 Å². The summed E-state index contributed by atoms with van der Waals surface area (Å²) in [5.74, 6) is -0.180. The molecule has 0 amide bonds. The lowest BCUT2D eigenvalue weighted by molar-refractivity contribution is 0.588. The summed E-state index contributed by atoms with van der Waals surface area (Å²) in [5, 5.41) is 10.4. The molecular formula is C17H16FN3. The van der Waals surface area contributed by atoms with Crippen molar-refractivity contribution >= 4 is 0 Å². The van der Waals surface area contributed by atoms with E-state index in [1.54, 1.807) is 18.3 Å². The van der Waals surface area contributed by atoms with Gasteiger partial charge in [-0.05, 0) is 11.6 Å². The van der Waals surface area contributed by atoms with Crippen molar-refractivity contribution in [2.24, 2.45) is 0 Å². The molecule has 2 aromatic carbocycles. The molecule has 1 aromatic heterocycles. The minimum Gasteiger partial charge on any atom is -0.308 e. The first-order valence-corrected chi connectivity index (χ1v) is 6.86. The maximum atomic E-state index is 13.5. The van der Waals surface area contributed by atoms with E-state index < -0.39 is 0 Å². The molecule has 3 rings (SSSR count). The Balaban J connectivity index is 1.67. The predicted octanol–water partition coefficient (Wildman–Crippen LogP) is 3.51. The Bertz CT molecular complexity index is 707.